The van der Waals surface area contributed by atoms with Gasteiger partial charge in [-0.1, -0.05) is 24.3 Å². The van der Waals surface area contributed by atoms with Gasteiger partial charge < -0.3 is 10.6 Å². The molecule has 108 valence electrons. The molecule has 6 heteroatoms. The van der Waals surface area contributed by atoms with Crippen LogP contribution in [-0.4, -0.2) is 21.3 Å². The van der Waals surface area contributed by atoms with Crippen molar-refractivity contribution in [3.8, 4) is 0 Å². The molecule has 1 aliphatic rings. The van der Waals surface area contributed by atoms with E-state index in [4.69, 9.17) is 5.73 Å². The zero-order chi connectivity index (χ0) is 15.0. The van der Waals surface area contributed by atoms with Crippen LogP contribution in [0.25, 0.3) is 0 Å². The van der Waals surface area contributed by atoms with Crippen LogP contribution in [-0.2, 0) is 16.6 Å². The molecule has 0 fully saturated rings. The van der Waals surface area contributed by atoms with Gasteiger partial charge in [-0.05, 0) is 29.8 Å². The second kappa shape index (κ2) is 4.98. The van der Waals surface area contributed by atoms with E-state index in [9.17, 15) is 8.42 Å². The minimum absolute atomic E-state index is 0.252. The Kier molecular flexibility index (Phi) is 3.27. The van der Waals surface area contributed by atoms with Crippen molar-refractivity contribution in [2.75, 3.05) is 11.9 Å². The molecule has 0 amide bonds. The molecule has 0 aliphatic carbocycles. The largest absolute Gasteiger partial charge is 0.328 e. The number of fused-ring (bicyclic) bond motifs is 1. The van der Waals surface area contributed by atoms with Crippen molar-refractivity contribution in [2.24, 2.45) is 10.1 Å². The predicted octanol–water partition coefficient (Wildman–Crippen LogP) is 1.73. The summed E-state index contributed by atoms with van der Waals surface area (Å²) < 4.78 is 28.1. The third-order valence-corrected chi connectivity index (χ3v) is 4.79. The third kappa shape index (κ3) is 2.32. The Hall–Kier alpha value is -2.18. The van der Waals surface area contributed by atoms with Gasteiger partial charge in [0.2, 0.25) is 0 Å². The summed E-state index contributed by atoms with van der Waals surface area (Å²) in [7, 11) is -1.80. The molecule has 2 aromatic carbocycles. The number of benzene rings is 2. The van der Waals surface area contributed by atoms with Gasteiger partial charge in [0.05, 0.1) is 0 Å². The molecule has 0 saturated heterocycles. The van der Waals surface area contributed by atoms with Crippen LogP contribution in [0, 0.1) is 0 Å². The molecule has 0 unspecified atom stereocenters. The van der Waals surface area contributed by atoms with Crippen molar-refractivity contribution in [3.63, 3.8) is 0 Å². The van der Waals surface area contributed by atoms with Crippen molar-refractivity contribution in [2.45, 2.75) is 11.4 Å². The van der Waals surface area contributed by atoms with Crippen LogP contribution in [0.4, 0.5) is 5.69 Å². The van der Waals surface area contributed by atoms with Crippen LogP contribution in [0.5, 0.6) is 0 Å². The van der Waals surface area contributed by atoms with E-state index in [2.05, 4.69) is 4.40 Å². The maximum atomic E-state index is 12.1. The maximum Gasteiger partial charge on any atom is 0.285 e. The lowest BCUT2D eigenvalue weighted by molar-refractivity contribution is 0.599. The smallest absolute Gasteiger partial charge is 0.285 e. The van der Waals surface area contributed by atoms with E-state index in [-0.39, 0.29) is 4.90 Å². The highest BCUT2D eigenvalue weighted by atomic mass is 32.2. The topological polar surface area (TPSA) is 75.8 Å². The van der Waals surface area contributed by atoms with Gasteiger partial charge in [-0.3, -0.25) is 0 Å². The van der Waals surface area contributed by atoms with Gasteiger partial charge in [-0.15, -0.1) is 4.40 Å². The molecule has 3 rings (SSSR count). The van der Waals surface area contributed by atoms with Crippen LogP contribution in [0.2, 0.25) is 0 Å². The molecule has 0 saturated carbocycles. The summed E-state index contributed by atoms with van der Waals surface area (Å²) in [5.74, 6) is 0.430. The minimum Gasteiger partial charge on any atom is -0.328 e. The first-order chi connectivity index (χ1) is 10.0. The number of amidine groups is 1. The fraction of sp³-hybridized carbons (Fsp3) is 0.133. The summed E-state index contributed by atoms with van der Waals surface area (Å²) in [6.45, 7) is 0.434. The molecular weight excluding hydrogens is 286 g/mol. The van der Waals surface area contributed by atoms with E-state index in [0.717, 1.165) is 11.3 Å². The van der Waals surface area contributed by atoms with Crippen LogP contribution < -0.4 is 10.6 Å². The highest BCUT2D eigenvalue weighted by Crippen LogP contribution is 2.29. The molecule has 0 spiro atoms. The first-order valence-corrected chi connectivity index (χ1v) is 7.94. The zero-order valence-electron chi connectivity index (χ0n) is 11.5. The first-order valence-electron chi connectivity index (χ1n) is 6.50. The summed E-state index contributed by atoms with van der Waals surface area (Å²) in [5, 5.41) is 0. The van der Waals surface area contributed by atoms with Gasteiger partial charge >= 0.3 is 0 Å². The quantitative estimate of drug-likeness (QED) is 0.916. The second-order valence-corrected chi connectivity index (χ2v) is 6.39. The van der Waals surface area contributed by atoms with Gasteiger partial charge in [0.15, 0.2) is 5.84 Å². The van der Waals surface area contributed by atoms with Crippen LogP contribution >= 0.6 is 0 Å². The molecule has 0 aromatic heterocycles. The Balaban J connectivity index is 2.09. The lowest BCUT2D eigenvalue weighted by Crippen LogP contribution is -2.26. The Morgan fingerprint density at radius 3 is 2.67 bits per heavy atom. The fourth-order valence-corrected chi connectivity index (χ4v) is 3.58. The standard InChI is InChI=1S/C15H15N3O2S/c1-18(12-6-4-5-11(9-12)10-16)15-13-7-2-3-8-14(13)21(19,20)17-15/h2-9H,10,16H2,1H3. The maximum absolute atomic E-state index is 12.1. The molecule has 2 N–H and O–H groups in total. The molecule has 0 bridgehead atoms. The predicted molar refractivity (Wildman–Crippen MR) is 82.9 cm³/mol. The van der Waals surface area contributed by atoms with E-state index < -0.39 is 10.0 Å². The number of anilines is 1. The van der Waals surface area contributed by atoms with Gasteiger partial charge in [0.1, 0.15) is 4.90 Å². The molecular formula is C15H15N3O2S. The molecule has 21 heavy (non-hydrogen) atoms. The Bertz CT molecular complexity index is 828. The highest BCUT2D eigenvalue weighted by molar-refractivity contribution is 7.90. The normalized spacial score (nSPS) is 15.4. The van der Waals surface area contributed by atoms with Crippen LogP contribution in [0.1, 0.15) is 11.1 Å². The fourth-order valence-electron chi connectivity index (χ4n) is 2.34. The number of nitrogens with zero attached hydrogens (tertiary/aromatic N) is 2. The summed E-state index contributed by atoms with van der Waals surface area (Å²) in [6.07, 6.45) is 0. The van der Waals surface area contributed by atoms with E-state index in [0.29, 0.717) is 17.9 Å². The number of hydrogen-bond donors (Lipinski definition) is 1. The van der Waals surface area contributed by atoms with Crippen molar-refractivity contribution >= 4 is 21.5 Å². The van der Waals surface area contributed by atoms with Crippen molar-refractivity contribution in [1.29, 1.82) is 0 Å². The van der Waals surface area contributed by atoms with Crippen molar-refractivity contribution < 1.29 is 8.42 Å². The van der Waals surface area contributed by atoms with E-state index in [1.54, 1.807) is 36.2 Å². The van der Waals surface area contributed by atoms with Crippen LogP contribution in [0.15, 0.2) is 57.8 Å². The monoisotopic (exact) mass is 301 g/mol. The number of rotatable bonds is 2. The molecule has 5 nitrogen and oxygen atoms in total. The molecule has 2 aromatic rings. The first kappa shape index (κ1) is 13.8. The summed E-state index contributed by atoms with van der Waals surface area (Å²) >= 11 is 0. The van der Waals surface area contributed by atoms with E-state index in [1.807, 2.05) is 24.3 Å². The molecule has 1 heterocycles. The van der Waals surface area contributed by atoms with Gasteiger partial charge in [0, 0.05) is 24.8 Å². The van der Waals surface area contributed by atoms with Gasteiger partial charge in [-0.2, -0.15) is 8.42 Å². The summed E-state index contributed by atoms with van der Waals surface area (Å²) in [4.78, 5) is 2.02. The molecule has 0 atom stereocenters. The summed E-state index contributed by atoms with van der Waals surface area (Å²) in [6, 6.07) is 14.5. The third-order valence-electron chi connectivity index (χ3n) is 3.46. The number of nitrogens with two attached hydrogens (primary N) is 1. The van der Waals surface area contributed by atoms with Crippen LogP contribution in [0.3, 0.4) is 0 Å². The highest BCUT2D eigenvalue weighted by Gasteiger charge is 2.30. The average molecular weight is 301 g/mol. The number of sulfonamides is 1. The Morgan fingerprint density at radius 1 is 1.14 bits per heavy atom. The average Bonchev–Trinajstić information content (AvgIpc) is 2.79. The minimum atomic E-state index is -3.60. The summed E-state index contributed by atoms with van der Waals surface area (Å²) in [5.41, 5.74) is 8.10. The van der Waals surface area contributed by atoms with E-state index >= 15 is 0 Å². The lowest BCUT2D eigenvalue weighted by atomic mass is 10.1. The Morgan fingerprint density at radius 2 is 1.90 bits per heavy atom. The second-order valence-electron chi connectivity index (χ2n) is 4.82. The molecule has 0 radical (unpaired) electrons. The zero-order valence-corrected chi connectivity index (χ0v) is 12.3. The van der Waals surface area contributed by atoms with Crippen molar-refractivity contribution in [3.05, 3.63) is 59.7 Å². The van der Waals surface area contributed by atoms with Crippen molar-refractivity contribution in [1.82, 2.24) is 0 Å². The SMILES string of the molecule is CN(C1=NS(=O)(=O)c2ccccc21)c1cccc(CN)c1. The Labute approximate surface area is 123 Å². The van der Waals surface area contributed by atoms with Gasteiger partial charge in [-0.25, -0.2) is 0 Å². The van der Waals surface area contributed by atoms with E-state index in [1.165, 1.54) is 0 Å². The molecule has 1 aliphatic heterocycles. The number of hydrogen-bond acceptors (Lipinski definition) is 4. The van der Waals surface area contributed by atoms with Gasteiger partial charge in [0.25, 0.3) is 10.0 Å². The lowest BCUT2D eigenvalue weighted by Gasteiger charge is -2.19.